The van der Waals surface area contributed by atoms with Gasteiger partial charge >= 0.3 is 0 Å². The van der Waals surface area contributed by atoms with Crippen molar-refractivity contribution in [3.05, 3.63) is 29.2 Å². The van der Waals surface area contributed by atoms with E-state index < -0.39 is 10.0 Å². The third-order valence-electron chi connectivity index (χ3n) is 3.42. The summed E-state index contributed by atoms with van der Waals surface area (Å²) >= 11 is 3.21. The number of nitrogens with zero attached hydrogens (tertiary/aromatic N) is 1. The first-order valence-corrected chi connectivity index (χ1v) is 9.27. The van der Waals surface area contributed by atoms with Gasteiger partial charge < -0.3 is 9.73 Å². The lowest BCUT2D eigenvalue weighted by Crippen LogP contribution is -2.27. The van der Waals surface area contributed by atoms with Gasteiger partial charge in [0.25, 0.3) is 0 Å². The highest BCUT2D eigenvalue weighted by atomic mass is 79.9. The molecule has 0 spiro atoms. The predicted octanol–water partition coefficient (Wildman–Crippen LogP) is 2.88. The molecular formula is C14H21BrN2O3S. The standard InChI is InChI=1S/C14H21BrN2O3S/c1-3-4-5-8-17(2)21(18,19)13-9-12(20-14(13)15)10-16-11-6-7-11/h3,9,11,16H,1,4-8,10H2,2H3. The van der Waals surface area contributed by atoms with Crippen LogP contribution in [0.5, 0.6) is 0 Å². The molecule has 0 bridgehead atoms. The van der Waals surface area contributed by atoms with Gasteiger partial charge in [-0.2, -0.15) is 0 Å². The molecule has 0 atom stereocenters. The molecule has 0 amide bonds. The average molecular weight is 377 g/mol. The van der Waals surface area contributed by atoms with Crippen LogP contribution in [-0.4, -0.2) is 32.4 Å². The van der Waals surface area contributed by atoms with Crippen LogP contribution in [0.4, 0.5) is 0 Å². The van der Waals surface area contributed by atoms with Gasteiger partial charge in [0.2, 0.25) is 10.0 Å². The molecule has 5 nitrogen and oxygen atoms in total. The maximum absolute atomic E-state index is 12.5. The van der Waals surface area contributed by atoms with E-state index in [0.29, 0.717) is 24.9 Å². The van der Waals surface area contributed by atoms with Crippen LogP contribution < -0.4 is 5.32 Å². The maximum Gasteiger partial charge on any atom is 0.247 e. The molecule has 118 valence electrons. The summed E-state index contributed by atoms with van der Waals surface area (Å²) in [5.74, 6) is 0.631. The fourth-order valence-corrected chi connectivity index (χ4v) is 4.11. The number of allylic oxidation sites excluding steroid dienone is 1. The van der Waals surface area contributed by atoms with Crippen LogP contribution in [0.15, 0.2) is 32.7 Å². The molecule has 0 aliphatic heterocycles. The molecule has 0 saturated heterocycles. The van der Waals surface area contributed by atoms with E-state index in [1.165, 1.54) is 17.1 Å². The van der Waals surface area contributed by atoms with Crippen molar-refractivity contribution in [2.75, 3.05) is 13.6 Å². The molecule has 21 heavy (non-hydrogen) atoms. The molecule has 1 saturated carbocycles. The Kier molecular flexibility index (Phi) is 5.65. The largest absolute Gasteiger partial charge is 0.452 e. The highest BCUT2D eigenvalue weighted by Crippen LogP contribution is 2.29. The van der Waals surface area contributed by atoms with Crippen molar-refractivity contribution in [3.8, 4) is 0 Å². The predicted molar refractivity (Wildman–Crippen MR) is 85.5 cm³/mol. The molecular weight excluding hydrogens is 356 g/mol. The number of halogens is 1. The highest BCUT2D eigenvalue weighted by molar-refractivity contribution is 9.10. The summed E-state index contributed by atoms with van der Waals surface area (Å²) in [6, 6.07) is 2.15. The van der Waals surface area contributed by atoms with Gasteiger partial charge in [-0.25, -0.2) is 12.7 Å². The van der Waals surface area contributed by atoms with Crippen molar-refractivity contribution in [2.45, 2.75) is 43.2 Å². The van der Waals surface area contributed by atoms with E-state index in [2.05, 4.69) is 27.8 Å². The Morgan fingerprint density at radius 1 is 1.57 bits per heavy atom. The molecule has 0 unspecified atom stereocenters. The monoisotopic (exact) mass is 376 g/mol. The summed E-state index contributed by atoms with van der Waals surface area (Å²) in [6.45, 7) is 4.65. The van der Waals surface area contributed by atoms with Crippen molar-refractivity contribution < 1.29 is 12.8 Å². The molecule has 7 heteroatoms. The summed E-state index contributed by atoms with van der Waals surface area (Å²) in [4.78, 5) is 0.191. The van der Waals surface area contributed by atoms with Crippen LogP contribution in [0.2, 0.25) is 0 Å². The average Bonchev–Trinajstić information content (AvgIpc) is 3.18. The van der Waals surface area contributed by atoms with Gasteiger partial charge in [-0.1, -0.05) is 6.08 Å². The minimum atomic E-state index is -3.52. The Hall–Kier alpha value is -0.630. The second-order valence-electron chi connectivity index (χ2n) is 5.26. The van der Waals surface area contributed by atoms with E-state index in [1.54, 1.807) is 19.2 Å². The van der Waals surface area contributed by atoms with Crippen LogP contribution in [0.3, 0.4) is 0 Å². The van der Waals surface area contributed by atoms with E-state index in [0.717, 1.165) is 12.8 Å². The first-order chi connectivity index (χ1) is 9.95. The fourth-order valence-electron chi connectivity index (χ4n) is 1.94. The van der Waals surface area contributed by atoms with Crippen LogP contribution >= 0.6 is 15.9 Å². The molecule has 1 aliphatic rings. The number of rotatable bonds is 9. The number of sulfonamides is 1. The zero-order valence-electron chi connectivity index (χ0n) is 12.1. The van der Waals surface area contributed by atoms with Gasteiger partial charge in [0, 0.05) is 25.7 Å². The van der Waals surface area contributed by atoms with Gasteiger partial charge in [-0.15, -0.1) is 6.58 Å². The SMILES string of the molecule is C=CCCCN(C)S(=O)(=O)c1cc(CNC2CC2)oc1Br. The first kappa shape index (κ1) is 16.7. The third-order valence-corrected chi connectivity index (χ3v) is 6.13. The topological polar surface area (TPSA) is 62.6 Å². The lowest BCUT2D eigenvalue weighted by molar-refractivity contribution is 0.449. The van der Waals surface area contributed by atoms with Crippen molar-refractivity contribution in [1.82, 2.24) is 9.62 Å². The first-order valence-electron chi connectivity index (χ1n) is 7.04. The Morgan fingerprint density at radius 2 is 2.29 bits per heavy atom. The fraction of sp³-hybridized carbons (Fsp3) is 0.571. The molecule has 1 heterocycles. The smallest absolute Gasteiger partial charge is 0.247 e. The maximum atomic E-state index is 12.5. The third kappa shape index (κ3) is 4.42. The van der Waals surface area contributed by atoms with E-state index in [-0.39, 0.29) is 9.56 Å². The molecule has 0 radical (unpaired) electrons. The van der Waals surface area contributed by atoms with Crippen molar-refractivity contribution in [2.24, 2.45) is 0 Å². The Balaban J connectivity index is 2.05. The van der Waals surface area contributed by atoms with Gasteiger partial charge in [-0.3, -0.25) is 0 Å². The summed E-state index contributed by atoms with van der Waals surface area (Å²) in [5, 5.41) is 3.30. The summed E-state index contributed by atoms with van der Waals surface area (Å²) in [5.41, 5.74) is 0. The molecule has 1 aliphatic carbocycles. The Bertz CT molecular complexity index is 593. The number of furan rings is 1. The van der Waals surface area contributed by atoms with Crippen LogP contribution in [-0.2, 0) is 16.6 Å². The lowest BCUT2D eigenvalue weighted by atomic mass is 10.3. The molecule has 2 rings (SSSR count). The summed E-state index contributed by atoms with van der Waals surface area (Å²) < 4.78 is 32.1. The van der Waals surface area contributed by atoms with E-state index >= 15 is 0 Å². The Morgan fingerprint density at radius 3 is 2.90 bits per heavy atom. The second kappa shape index (κ2) is 7.09. The molecule has 1 fully saturated rings. The zero-order chi connectivity index (χ0) is 15.5. The minimum absolute atomic E-state index is 0.191. The summed E-state index contributed by atoms with van der Waals surface area (Å²) in [6.07, 6.45) is 5.70. The van der Waals surface area contributed by atoms with Crippen molar-refractivity contribution >= 4 is 26.0 Å². The van der Waals surface area contributed by atoms with Gasteiger partial charge in [0.1, 0.15) is 10.7 Å². The number of unbranched alkanes of at least 4 members (excludes halogenated alkanes) is 1. The second-order valence-corrected chi connectivity index (χ2v) is 8.00. The van der Waals surface area contributed by atoms with Crippen LogP contribution in [0.25, 0.3) is 0 Å². The zero-order valence-corrected chi connectivity index (χ0v) is 14.5. The van der Waals surface area contributed by atoms with Crippen molar-refractivity contribution in [1.29, 1.82) is 0 Å². The molecule has 1 aromatic heterocycles. The van der Waals surface area contributed by atoms with E-state index in [1.807, 2.05) is 0 Å². The van der Waals surface area contributed by atoms with Gasteiger partial charge in [0.15, 0.2) is 4.67 Å². The highest BCUT2D eigenvalue weighted by Gasteiger charge is 2.27. The molecule has 1 aromatic rings. The van der Waals surface area contributed by atoms with Gasteiger partial charge in [0.05, 0.1) is 6.54 Å². The number of hydrogen-bond acceptors (Lipinski definition) is 4. The van der Waals surface area contributed by atoms with Gasteiger partial charge in [-0.05, 0) is 41.6 Å². The summed E-state index contributed by atoms with van der Waals surface area (Å²) in [7, 11) is -1.94. The van der Waals surface area contributed by atoms with E-state index in [4.69, 9.17) is 4.42 Å². The van der Waals surface area contributed by atoms with E-state index in [9.17, 15) is 8.42 Å². The van der Waals surface area contributed by atoms with Crippen LogP contribution in [0.1, 0.15) is 31.4 Å². The normalized spacial score (nSPS) is 15.6. The lowest BCUT2D eigenvalue weighted by Gasteiger charge is -2.15. The van der Waals surface area contributed by atoms with Crippen LogP contribution in [0, 0.1) is 0 Å². The molecule has 1 N–H and O–H groups in total. The number of hydrogen-bond donors (Lipinski definition) is 1. The quantitative estimate of drug-likeness (QED) is 0.531. The molecule has 0 aromatic carbocycles. The number of nitrogens with one attached hydrogen (secondary N) is 1. The minimum Gasteiger partial charge on any atom is -0.452 e. The van der Waals surface area contributed by atoms with Crippen molar-refractivity contribution in [3.63, 3.8) is 0 Å². The Labute approximate surface area is 134 Å².